The van der Waals surface area contributed by atoms with Crippen LogP contribution >= 0.6 is 0 Å². The molecule has 1 aromatic heterocycles. The highest BCUT2D eigenvalue weighted by Gasteiger charge is 2.18. The van der Waals surface area contributed by atoms with Crippen LogP contribution in [0.4, 0.5) is 0 Å². The summed E-state index contributed by atoms with van der Waals surface area (Å²) in [5.41, 5.74) is 7.19. The lowest BCUT2D eigenvalue weighted by molar-refractivity contribution is 0.414. The highest BCUT2D eigenvalue weighted by Crippen LogP contribution is 2.36. The number of hydrogen-bond donors (Lipinski definition) is 1. The van der Waals surface area contributed by atoms with Crippen LogP contribution in [0.1, 0.15) is 28.8 Å². The fourth-order valence-electron chi connectivity index (χ4n) is 3.40. The molecule has 3 heteroatoms. The van der Waals surface area contributed by atoms with Crippen LogP contribution in [0.3, 0.4) is 0 Å². The van der Waals surface area contributed by atoms with E-state index < -0.39 is 0 Å². The lowest BCUT2D eigenvalue weighted by Gasteiger charge is -2.11. The Morgan fingerprint density at radius 3 is 1.81 bits per heavy atom. The minimum absolute atomic E-state index is 0.867. The second kappa shape index (κ2) is 6.96. The fourth-order valence-corrected chi connectivity index (χ4v) is 3.40. The Kier molecular flexibility index (Phi) is 4.36. The van der Waals surface area contributed by atoms with Crippen molar-refractivity contribution in [2.75, 3.05) is 14.2 Å². The molecule has 0 saturated carbocycles. The molecule has 1 aliphatic carbocycles. The summed E-state index contributed by atoms with van der Waals surface area (Å²) in [7, 11) is 3.38. The van der Waals surface area contributed by atoms with Gasteiger partial charge in [0.1, 0.15) is 11.5 Å². The lowest BCUT2D eigenvalue weighted by atomic mass is 9.94. The summed E-state index contributed by atoms with van der Waals surface area (Å²) < 4.78 is 10.6. The molecule has 0 saturated heterocycles. The minimum atomic E-state index is 0.867. The van der Waals surface area contributed by atoms with Gasteiger partial charge in [0.25, 0.3) is 0 Å². The van der Waals surface area contributed by atoms with Crippen LogP contribution < -0.4 is 9.47 Å². The molecule has 0 atom stereocenters. The number of aromatic nitrogens is 1. The molecule has 26 heavy (non-hydrogen) atoms. The summed E-state index contributed by atoms with van der Waals surface area (Å²) in [6, 6.07) is 18.6. The summed E-state index contributed by atoms with van der Waals surface area (Å²) in [6.07, 6.45) is 7.44. The number of hydrogen-bond acceptors (Lipinski definition) is 2. The van der Waals surface area contributed by atoms with E-state index in [1.807, 2.05) is 30.5 Å². The Morgan fingerprint density at radius 2 is 1.23 bits per heavy atom. The predicted molar refractivity (Wildman–Crippen MR) is 106 cm³/mol. The summed E-state index contributed by atoms with van der Waals surface area (Å²) >= 11 is 0. The monoisotopic (exact) mass is 343 g/mol. The maximum atomic E-state index is 5.28. The number of benzene rings is 2. The second-order valence-electron chi connectivity index (χ2n) is 6.19. The predicted octanol–water partition coefficient (Wildman–Crippen LogP) is 5.30. The fraction of sp³-hybridized carbons (Fsp3) is 0.130. The van der Waals surface area contributed by atoms with Crippen molar-refractivity contribution < 1.29 is 9.47 Å². The van der Waals surface area contributed by atoms with Crippen molar-refractivity contribution >= 4 is 11.1 Å². The zero-order valence-corrected chi connectivity index (χ0v) is 15.0. The van der Waals surface area contributed by atoms with Crippen molar-refractivity contribution in [3.05, 3.63) is 95.3 Å². The van der Waals surface area contributed by atoms with Gasteiger partial charge in [-0.1, -0.05) is 36.4 Å². The Labute approximate surface area is 153 Å². The molecule has 0 bridgehead atoms. The molecular formula is C23H21NO2. The highest BCUT2D eigenvalue weighted by molar-refractivity contribution is 5.91. The van der Waals surface area contributed by atoms with Gasteiger partial charge >= 0.3 is 0 Å². The lowest BCUT2D eigenvalue weighted by Crippen LogP contribution is -1.94. The number of methoxy groups -OCH3 is 2. The Bertz CT molecular complexity index is 882. The Morgan fingerprint density at radius 1 is 0.692 bits per heavy atom. The molecule has 2 aromatic carbocycles. The van der Waals surface area contributed by atoms with Crippen LogP contribution in [0.15, 0.2) is 72.9 Å². The van der Waals surface area contributed by atoms with Gasteiger partial charge in [0, 0.05) is 17.3 Å². The van der Waals surface area contributed by atoms with Crippen LogP contribution in [-0.2, 0) is 0 Å². The first kappa shape index (κ1) is 16.3. The SMILES string of the molecule is COc1ccc(C2=CCC=C(c3ccc(OC)cc3)c3[nH]ccc32)cc1. The van der Waals surface area contributed by atoms with Gasteiger partial charge in [-0.15, -0.1) is 0 Å². The third kappa shape index (κ3) is 2.93. The van der Waals surface area contributed by atoms with Crippen molar-refractivity contribution in [1.82, 2.24) is 4.98 Å². The quantitative estimate of drug-likeness (QED) is 0.697. The van der Waals surface area contributed by atoms with Gasteiger partial charge in [-0.2, -0.15) is 0 Å². The molecule has 0 unspecified atom stereocenters. The van der Waals surface area contributed by atoms with Gasteiger partial charge in [0.2, 0.25) is 0 Å². The van der Waals surface area contributed by atoms with Crippen molar-refractivity contribution in [3.8, 4) is 11.5 Å². The van der Waals surface area contributed by atoms with Crippen molar-refractivity contribution in [2.45, 2.75) is 6.42 Å². The molecule has 1 aliphatic rings. The normalized spacial score (nSPS) is 13.3. The minimum Gasteiger partial charge on any atom is -0.497 e. The van der Waals surface area contributed by atoms with Crippen LogP contribution in [0.2, 0.25) is 0 Å². The molecule has 0 amide bonds. The number of nitrogens with one attached hydrogen (secondary N) is 1. The zero-order valence-electron chi connectivity index (χ0n) is 15.0. The van der Waals surface area contributed by atoms with Crippen LogP contribution in [0.5, 0.6) is 11.5 Å². The molecule has 1 N–H and O–H groups in total. The maximum Gasteiger partial charge on any atom is 0.118 e. The summed E-state index contributed by atoms with van der Waals surface area (Å²) in [4.78, 5) is 3.43. The third-order valence-corrected chi connectivity index (χ3v) is 4.75. The molecule has 0 aliphatic heterocycles. The molecule has 130 valence electrons. The van der Waals surface area contributed by atoms with E-state index in [1.165, 1.54) is 27.8 Å². The number of H-pyrrole nitrogens is 1. The average molecular weight is 343 g/mol. The molecular weight excluding hydrogens is 322 g/mol. The number of fused-ring (bicyclic) bond motifs is 1. The smallest absolute Gasteiger partial charge is 0.118 e. The maximum absolute atomic E-state index is 5.28. The average Bonchev–Trinajstić information content (AvgIpc) is 3.10. The molecule has 3 aromatic rings. The van der Waals surface area contributed by atoms with Crippen LogP contribution in [0, 0.1) is 0 Å². The largest absolute Gasteiger partial charge is 0.497 e. The van der Waals surface area contributed by atoms with E-state index in [0.29, 0.717) is 0 Å². The Balaban J connectivity index is 1.73. The van der Waals surface area contributed by atoms with E-state index in [1.54, 1.807) is 14.2 Å². The van der Waals surface area contributed by atoms with E-state index in [4.69, 9.17) is 9.47 Å². The van der Waals surface area contributed by atoms with Crippen LogP contribution in [-0.4, -0.2) is 19.2 Å². The van der Waals surface area contributed by atoms with Gasteiger partial charge in [-0.05, 0) is 53.5 Å². The van der Waals surface area contributed by atoms with Gasteiger partial charge in [0.15, 0.2) is 0 Å². The number of ether oxygens (including phenoxy) is 2. The topological polar surface area (TPSA) is 34.2 Å². The van der Waals surface area contributed by atoms with E-state index >= 15 is 0 Å². The summed E-state index contributed by atoms with van der Waals surface area (Å²) in [5, 5.41) is 0. The number of rotatable bonds is 4. The van der Waals surface area contributed by atoms with Gasteiger partial charge in [0.05, 0.1) is 19.9 Å². The highest BCUT2D eigenvalue weighted by atomic mass is 16.5. The van der Waals surface area contributed by atoms with Gasteiger partial charge in [-0.25, -0.2) is 0 Å². The molecule has 4 rings (SSSR count). The molecule has 3 nitrogen and oxygen atoms in total. The molecule has 0 spiro atoms. The Hall–Kier alpha value is -3.20. The molecule has 0 fully saturated rings. The van der Waals surface area contributed by atoms with Gasteiger partial charge < -0.3 is 14.5 Å². The second-order valence-corrected chi connectivity index (χ2v) is 6.19. The van der Waals surface area contributed by atoms with Crippen LogP contribution in [0.25, 0.3) is 11.1 Å². The first-order valence-corrected chi connectivity index (χ1v) is 8.67. The zero-order chi connectivity index (χ0) is 17.9. The van der Waals surface area contributed by atoms with E-state index in [0.717, 1.165) is 23.6 Å². The van der Waals surface area contributed by atoms with Crippen molar-refractivity contribution in [2.24, 2.45) is 0 Å². The summed E-state index contributed by atoms with van der Waals surface area (Å²) in [6.45, 7) is 0. The van der Waals surface area contributed by atoms with E-state index in [9.17, 15) is 0 Å². The first-order chi connectivity index (χ1) is 12.8. The van der Waals surface area contributed by atoms with Gasteiger partial charge in [-0.3, -0.25) is 0 Å². The first-order valence-electron chi connectivity index (χ1n) is 8.67. The number of allylic oxidation sites excluding steroid dienone is 2. The molecule has 1 heterocycles. The molecule has 0 radical (unpaired) electrons. The number of aromatic amines is 1. The van der Waals surface area contributed by atoms with E-state index in [-0.39, 0.29) is 0 Å². The summed E-state index contributed by atoms with van der Waals surface area (Å²) in [5.74, 6) is 1.74. The van der Waals surface area contributed by atoms with Crippen molar-refractivity contribution in [1.29, 1.82) is 0 Å². The van der Waals surface area contributed by atoms with E-state index in [2.05, 4.69) is 47.5 Å². The third-order valence-electron chi connectivity index (χ3n) is 4.75. The standard InChI is InChI=1S/C23H21NO2/c1-25-18-10-6-16(7-11-18)20-4-3-5-21(23-22(20)14-15-24-23)17-8-12-19(26-2)13-9-17/h4-15,24H,3H2,1-2H3. The van der Waals surface area contributed by atoms with Crippen molar-refractivity contribution in [3.63, 3.8) is 0 Å².